The van der Waals surface area contributed by atoms with Gasteiger partial charge in [0.1, 0.15) is 11.9 Å². The first-order valence-corrected chi connectivity index (χ1v) is 9.76. The van der Waals surface area contributed by atoms with Crippen LogP contribution in [0.2, 0.25) is 10.0 Å². The fraction of sp³-hybridized carbons (Fsp3) is 0.556. The van der Waals surface area contributed by atoms with Gasteiger partial charge in [-0.1, -0.05) is 23.2 Å². The Balaban J connectivity index is 1.77. The molecule has 1 aliphatic heterocycles. The number of amides is 2. The Labute approximate surface area is 168 Å². The van der Waals surface area contributed by atoms with Gasteiger partial charge in [-0.05, 0) is 38.8 Å². The van der Waals surface area contributed by atoms with Gasteiger partial charge in [-0.3, -0.25) is 4.79 Å². The predicted octanol–water partition coefficient (Wildman–Crippen LogP) is 2.49. The molecule has 150 valence electrons. The zero-order valence-corrected chi connectivity index (χ0v) is 16.9. The van der Waals surface area contributed by atoms with Crippen LogP contribution < -0.4 is 10.6 Å². The fourth-order valence-electron chi connectivity index (χ4n) is 3.01. The standard InChI is InChI=1S/C18H24Cl2FN3O3/c1-3-27-18(26)24-6-4-12(5-7-24)23-17(25)10-22-11(2)13-8-16(21)15(20)9-14(13)19/h8-9,11-12,22H,3-7,10H2,1-2H3,(H,23,25)/p+1/t11-/m1/s1. The van der Waals surface area contributed by atoms with Crippen molar-refractivity contribution in [1.29, 1.82) is 0 Å². The molecule has 9 heteroatoms. The Morgan fingerprint density at radius 1 is 1.33 bits per heavy atom. The molecule has 1 fully saturated rings. The smallest absolute Gasteiger partial charge is 0.409 e. The number of likely N-dealkylation sites (tertiary alicyclic amines) is 1. The first-order valence-electron chi connectivity index (χ1n) is 9.00. The predicted molar refractivity (Wildman–Crippen MR) is 101 cm³/mol. The van der Waals surface area contributed by atoms with Crippen molar-refractivity contribution in [2.24, 2.45) is 0 Å². The lowest BCUT2D eigenvalue weighted by Gasteiger charge is -2.31. The van der Waals surface area contributed by atoms with Crippen molar-refractivity contribution in [3.05, 3.63) is 33.6 Å². The zero-order chi connectivity index (χ0) is 20.0. The van der Waals surface area contributed by atoms with E-state index in [1.165, 1.54) is 12.1 Å². The molecule has 0 aromatic heterocycles. The maximum atomic E-state index is 13.6. The van der Waals surface area contributed by atoms with Crippen LogP contribution in [0.25, 0.3) is 0 Å². The number of halogens is 3. The van der Waals surface area contributed by atoms with Crippen LogP contribution in [0.15, 0.2) is 12.1 Å². The number of hydrogen-bond acceptors (Lipinski definition) is 3. The molecule has 1 atom stereocenters. The highest BCUT2D eigenvalue weighted by molar-refractivity contribution is 6.35. The molecule has 0 unspecified atom stereocenters. The average molecular weight is 421 g/mol. The number of nitrogens with two attached hydrogens (primary N) is 1. The summed E-state index contributed by atoms with van der Waals surface area (Å²) in [5.74, 6) is -0.642. The number of piperidine rings is 1. The second-order valence-electron chi connectivity index (χ2n) is 6.54. The summed E-state index contributed by atoms with van der Waals surface area (Å²) < 4.78 is 18.6. The summed E-state index contributed by atoms with van der Waals surface area (Å²) in [7, 11) is 0. The maximum absolute atomic E-state index is 13.6. The summed E-state index contributed by atoms with van der Waals surface area (Å²) in [5, 5.41) is 5.11. The van der Waals surface area contributed by atoms with Gasteiger partial charge in [-0.2, -0.15) is 0 Å². The third-order valence-corrected chi connectivity index (χ3v) is 5.19. The number of carbonyl (C=O) groups is 2. The van der Waals surface area contributed by atoms with Crippen LogP contribution >= 0.6 is 23.2 Å². The highest BCUT2D eigenvalue weighted by atomic mass is 35.5. The van der Waals surface area contributed by atoms with Gasteiger partial charge in [0, 0.05) is 24.7 Å². The lowest BCUT2D eigenvalue weighted by atomic mass is 10.1. The van der Waals surface area contributed by atoms with Crippen LogP contribution in [-0.4, -0.2) is 49.2 Å². The number of carbonyl (C=O) groups excluding carboxylic acids is 2. The molecule has 0 spiro atoms. The molecule has 1 saturated heterocycles. The molecule has 1 aromatic rings. The van der Waals surface area contributed by atoms with Crippen molar-refractivity contribution >= 4 is 35.2 Å². The van der Waals surface area contributed by atoms with Crippen molar-refractivity contribution in [2.45, 2.75) is 38.8 Å². The molecule has 1 aromatic carbocycles. The molecule has 27 heavy (non-hydrogen) atoms. The monoisotopic (exact) mass is 420 g/mol. The Morgan fingerprint density at radius 2 is 2.00 bits per heavy atom. The Morgan fingerprint density at radius 3 is 2.63 bits per heavy atom. The van der Waals surface area contributed by atoms with Crippen LogP contribution in [0.5, 0.6) is 0 Å². The van der Waals surface area contributed by atoms with Crippen molar-refractivity contribution in [3.8, 4) is 0 Å². The lowest BCUT2D eigenvalue weighted by molar-refractivity contribution is -0.682. The summed E-state index contributed by atoms with van der Waals surface area (Å²) in [4.78, 5) is 25.5. The van der Waals surface area contributed by atoms with E-state index in [0.717, 1.165) is 0 Å². The molecule has 0 radical (unpaired) electrons. The van der Waals surface area contributed by atoms with E-state index in [-0.39, 0.29) is 35.7 Å². The zero-order valence-electron chi connectivity index (χ0n) is 15.4. The normalized spacial score (nSPS) is 16.1. The highest BCUT2D eigenvalue weighted by Crippen LogP contribution is 2.27. The van der Waals surface area contributed by atoms with E-state index in [0.29, 0.717) is 43.1 Å². The minimum absolute atomic E-state index is 0.0251. The molecule has 1 aliphatic rings. The topological polar surface area (TPSA) is 75.2 Å². The van der Waals surface area contributed by atoms with Gasteiger partial charge in [0.15, 0.2) is 6.54 Å². The molecule has 0 saturated carbocycles. The molecule has 0 aliphatic carbocycles. The van der Waals surface area contributed by atoms with Gasteiger partial charge in [0.2, 0.25) is 0 Å². The van der Waals surface area contributed by atoms with Crippen LogP contribution in [-0.2, 0) is 9.53 Å². The Kier molecular flexibility index (Phi) is 8.13. The molecular weight excluding hydrogens is 396 g/mol. The number of quaternary nitrogens is 1. The van der Waals surface area contributed by atoms with Crippen LogP contribution in [0.1, 0.15) is 38.3 Å². The SMILES string of the molecule is CCOC(=O)N1CCC(NC(=O)C[NH2+][C@H](C)c2cc(F)c(Cl)cc2Cl)CC1. The van der Waals surface area contributed by atoms with Gasteiger partial charge in [-0.15, -0.1) is 0 Å². The van der Waals surface area contributed by atoms with Crippen molar-refractivity contribution < 1.29 is 24.0 Å². The summed E-state index contributed by atoms with van der Waals surface area (Å²) in [6.45, 7) is 5.28. The quantitative estimate of drug-likeness (QED) is 0.694. The van der Waals surface area contributed by atoms with E-state index in [1.807, 2.05) is 6.92 Å². The van der Waals surface area contributed by atoms with E-state index < -0.39 is 5.82 Å². The number of ether oxygens (including phenoxy) is 1. The van der Waals surface area contributed by atoms with Crippen molar-refractivity contribution in [1.82, 2.24) is 10.2 Å². The van der Waals surface area contributed by atoms with E-state index in [4.69, 9.17) is 27.9 Å². The van der Waals surface area contributed by atoms with Gasteiger partial charge in [0.25, 0.3) is 5.91 Å². The van der Waals surface area contributed by atoms with Crippen molar-refractivity contribution in [3.63, 3.8) is 0 Å². The van der Waals surface area contributed by atoms with E-state index in [2.05, 4.69) is 5.32 Å². The first kappa shape index (κ1) is 21.7. The third-order valence-electron chi connectivity index (χ3n) is 4.57. The van der Waals surface area contributed by atoms with Gasteiger partial charge >= 0.3 is 6.09 Å². The van der Waals surface area contributed by atoms with E-state index >= 15 is 0 Å². The number of hydrogen-bond donors (Lipinski definition) is 2. The second-order valence-corrected chi connectivity index (χ2v) is 7.36. The summed E-state index contributed by atoms with van der Waals surface area (Å²) in [6, 6.07) is 2.51. The van der Waals surface area contributed by atoms with Crippen LogP contribution in [0, 0.1) is 5.82 Å². The summed E-state index contributed by atoms with van der Waals surface area (Å²) in [6.07, 6.45) is 1.07. The number of rotatable bonds is 6. The average Bonchev–Trinajstić information content (AvgIpc) is 2.63. The number of nitrogens with one attached hydrogen (secondary N) is 1. The lowest BCUT2D eigenvalue weighted by Crippen LogP contribution is -2.87. The van der Waals surface area contributed by atoms with Crippen LogP contribution in [0.3, 0.4) is 0 Å². The molecule has 2 rings (SSSR count). The molecule has 0 bridgehead atoms. The van der Waals surface area contributed by atoms with E-state index in [1.54, 1.807) is 17.1 Å². The van der Waals surface area contributed by atoms with Gasteiger partial charge in [-0.25, -0.2) is 9.18 Å². The fourth-order valence-corrected chi connectivity index (χ4v) is 3.56. The number of benzene rings is 1. The van der Waals surface area contributed by atoms with Crippen LogP contribution in [0.4, 0.5) is 9.18 Å². The number of nitrogens with zero attached hydrogens (tertiary/aromatic N) is 1. The summed E-state index contributed by atoms with van der Waals surface area (Å²) >= 11 is 11.8. The molecule has 3 N–H and O–H groups in total. The Hall–Kier alpha value is -1.57. The Bertz CT molecular complexity index is 682. The minimum atomic E-state index is -0.533. The third kappa shape index (κ3) is 6.23. The van der Waals surface area contributed by atoms with Gasteiger partial charge < -0.3 is 20.3 Å². The highest BCUT2D eigenvalue weighted by Gasteiger charge is 2.25. The maximum Gasteiger partial charge on any atom is 0.409 e. The molecule has 2 amide bonds. The minimum Gasteiger partial charge on any atom is -0.450 e. The van der Waals surface area contributed by atoms with E-state index in [9.17, 15) is 14.0 Å². The first-order chi connectivity index (χ1) is 12.8. The largest absolute Gasteiger partial charge is 0.450 e. The molecule has 6 nitrogen and oxygen atoms in total. The van der Waals surface area contributed by atoms with Gasteiger partial charge in [0.05, 0.1) is 16.7 Å². The summed E-state index contributed by atoms with van der Waals surface area (Å²) in [5.41, 5.74) is 0.592. The second kappa shape index (κ2) is 10.1. The molecular formula is C18H25Cl2FN3O3+. The molecule has 1 heterocycles. The van der Waals surface area contributed by atoms with Crippen molar-refractivity contribution in [2.75, 3.05) is 26.2 Å².